The molecule has 4 nitrogen and oxygen atoms in total. The van der Waals surface area contributed by atoms with Crippen LogP contribution in [0.25, 0.3) is 0 Å². The summed E-state index contributed by atoms with van der Waals surface area (Å²) < 4.78 is 16.3. The predicted octanol–water partition coefficient (Wildman–Crippen LogP) is 5.17. The lowest BCUT2D eigenvalue weighted by atomic mass is 10.1. The number of unbranched alkanes of at least 4 members (excludes halogenated alkanes) is 1. The lowest BCUT2D eigenvalue weighted by Gasteiger charge is -2.36. The van der Waals surface area contributed by atoms with E-state index in [1.807, 2.05) is 12.1 Å². The summed E-state index contributed by atoms with van der Waals surface area (Å²) in [6.45, 7) is 7.88. The first-order valence-corrected chi connectivity index (χ1v) is 12.0. The Morgan fingerprint density at radius 3 is 2.38 bits per heavy atom. The van der Waals surface area contributed by atoms with Gasteiger partial charge in [0.25, 0.3) is 0 Å². The number of halogens is 1. The molecule has 3 aromatic rings. The molecule has 1 aliphatic rings. The lowest BCUT2D eigenvalue weighted by molar-refractivity contribution is 0.254. The third-order valence-electron chi connectivity index (χ3n) is 6.35. The highest BCUT2D eigenvalue weighted by Gasteiger charge is 2.19. The van der Waals surface area contributed by atoms with Crippen molar-refractivity contribution in [3.05, 3.63) is 83.4 Å². The molecule has 2 heterocycles. The van der Waals surface area contributed by atoms with Gasteiger partial charge < -0.3 is 4.90 Å². The average Bonchev–Trinajstić information content (AvgIpc) is 3.20. The molecule has 0 spiro atoms. The van der Waals surface area contributed by atoms with Crippen LogP contribution in [-0.2, 0) is 19.4 Å². The summed E-state index contributed by atoms with van der Waals surface area (Å²) in [4.78, 5) is 4.67. The molecule has 0 atom stereocenters. The second-order valence-corrected chi connectivity index (χ2v) is 8.76. The summed E-state index contributed by atoms with van der Waals surface area (Å²) >= 11 is 0. The number of hydrogen-bond acceptors (Lipinski definition) is 3. The Labute approximate surface area is 191 Å². The summed E-state index contributed by atoms with van der Waals surface area (Å²) in [5, 5.41) is 4.92. The Morgan fingerprint density at radius 2 is 1.62 bits per heavy atom. The zero-order valence-corrected chi connectivity index (χ0v) is 19.2. The van der Waals surface area contributed by atoms with Crippen molar-refractivity contribution < 1.29 is 4.39 Å². The number of anilines is 1. The molecule has 1 aliphatic heterocycles. The van der Waals surface area contributed by atoms with Gasteiger partial charge in [0.05, 0.1) is 17.9 Å². The van der Waals surface area contributed by atoms with E-state index >= 15 is 0 Å². The summed E-state index contributed by atoms with van der Waals surface area (Å²) in [5.74, 6) is -0.119. The zero-order chi connectivity index (χ0) is 22.2. The van der Waals surface area contributed by atoms with Crippen molar-refractivity contribution in [3.63, 3.8) is 0 Å². The van der Waals surface area contributed by atoms with E-state index in [1.165, 1.54) is 29.8 Å². The number of aryl methyl sites for hydroxylation is 2. The van der Waals surface area contributed by atoms with Gasteiger partial charge in [0.1, 0.15) is 5.82 Å². The third kappa shape index (κ3) is 5.98. The van der Waals surface area contributed by atoms with Gasteiger partial charge in [-0.15, -0.1) is 0 Å². The van der Waals surface area contributed by atoms with Crippen molar-refractivity contribution in [3.8, 4) is 0 Å². The first-order chi connectivity index (χ1) is 15.7. The summed E-state index contributed by atoms with van der Waals surface area (Å²) in [6, 6.07) is 20.0. The van der Waals surface area contributed by atoms with Gasteiger partial charge in [0.15, 0.2) is 0 Å². The van der Waals surface area contributed by atoms with Crippen LogP contribution < -0.4 is 4.90 Å². The molecule has 0 aliphatic carbocycles. The second-order valence-electron chi connectivity index (χ2n) is 8.76. The van der Waals surface area contributed by atoms with Gasteiger partial charge >= 0.3 is 0 Å². The van der Waals surface area contributed by atoms with E-state index < -0.39 is 0 Å². The Kier molecular flexibility index (Phi) is 7.94. The van der Waals surface area contributed by atoms with E-state index in [2.05, 4.69) is 57.8 Å². The van der Waals surface area contributed by atoms with Crippen LogP contribution in [0.4, 0.5) is 10.1 Å². The van der Waals surface area contributed by atoms with Gasteiger partial charge in [-0.25, -0.2) is 4.39 Å². The normalized spacial score (nSPS) is 14.8. The summed E-state index contributed by atoms with van der Waals surface area (Å²) in [7, 11) is 0. The van der Waals surface area contributed by atoms with Crippen LogP contribution in [0, 0.1) is 5.82 Å². The molecule has 5 heteroatoms. The van der Waals surface area contributed by atoms with Crippen LogP contribution >= 0.6 is 0 Å². The minimum atomic E-state index is -0.119. The lowest BCUT2D eigenvalue weighted by Crippen LogP contribution is -2.47. The van der Waals surface area contributed by atoms with Crippen LogP contribution in [0.5, 0.6) is 0 Å². The quantitative estimate of drug-likeness (QED) is 0.440. The zero-order valence-electron chi connectivity index (χ0n) is 19.2. The smallest absolute Gasteiger partial charge is 0.146 e. The van der Waals surface area contributed by atoms with Gasteiger partial charge in [0.2, 0.25) is 0 Å². The Bertz CT molecular complexity index is 961. The van der Waals surface area contributed by atoms with E-state index in [-0.39, 0.29) is 5.82 Å². The molecule has 0 bridgehead atoms. The number of aromatic nitrogens is 2. The van der Waals surface area contributed by atoms with Gasteiger partial charge in [-0.05, 0) is 56.0 Å². The monoisotopic (exact) mass is 434 g/mol. The van der Waals surface area contributed by atoms with Gasteiger partial charge in [-0.1, -0.05) is 55.8 Å². The highest BCUT2D eigenvalue weighted by atomic mass is 19.1. The molecular weight excluding hydrogens is 399 g/mol. The van der Waals surface area contributed by atoms with Crippen LogP contribution in [0.2, 0.25) is 0 Å². The number of para-hydroxylation sites is 1. The second kappa shape index (κ2) is 11.3. The first kappa shape index (κ1) is 22.5. The third-order valence-corrected chi connectivity index (χ3v) is 6.35. The van der Waals surface area contributed by atoms with Crippen LogP contribution in [-0.4, -0.2) is 47.4 Å². The number of piperazine rings is 1. The molecule has 0 N–H and O–H groups in total. The number of benzene rings is 2. The highest BCUT2D eigenvalue weighted by molar-refractivity contribution is 5.48. The molecule has 0 radical (unpaired) electrons. The molecule has 2 aromatic carbocycles. The van der Waals surface area contributed by atoms with E-state index in [1.54, 1.807) is 12.1 Å². The van der Waals surface area contributed by atoms with Gasteiger partial charge in [0, 0.05) is 31.9 Å². The van der Waals surface area contributed by atoms with Crippen LogP contribution in [0.15, 0.2) is 60.7 Å². The fourth-order valence-electron chi connectivity index (χ4n) is 4.49. The maximum Gasteiger partial charge on any atom is 0.146 e. The maximum atomic E-state index is 14.1. The topological polar surface area (TPSA) is 24.3 Å². The Balaban J connectivity index is 1.30. The Hall–Kier alpha value is -2.66. The van der Waals surface area contributed by atoms with Crippen molar-refractivity contribution in [2.75, 3.05) is 37.6 Å². The summed E-state index contributed by atoms with van der Waals surface area (Å²) in [6.07, 6.45) is 5.60. The van der Waals surface area contributed by atoms with E-state index in [4.69, 9.17) is 5.10 Å². The predicted molar refractivity (Wildman–Crippen MR) is 130 cm³/mol. The van der Waals surface area contributed by atoms with Crippen molar-refractivity contribution in [1.29, 1.82) is 0 Å². The Morgan fingerprint density at radius 1 is 0.875 bits per heavy atom. The maximum absolute atomic E-state index is 14.1. The molecule has 0 unspecified atom stereocenters. The number of nitrogens with zero attached hydrogens (tertiary/aromatic N) is 4. The SMILES string of the molecule is CCCCc1cc(CCCN2CCN(c3ccccc3F)CC2)n(Cc2ccccc2)n1. The average molecular weight is 435 g/mol. The fourth-order valence-corrected chi connectivity index (χ4v) is 4.49. The van der Waals surface area contributed by atoms with Crippen LogP contribution in [0.1, 0.15) is 43.1 Å². The van der Waals surface area contributed by atoms with E-state index in [0.717, 1.165) is 64.2 Å². The molecule has 170 valence electrons. The number of hydrogen-bond donors (Lipinski definition) is 0. The molecule has 1 fully saturated rings. The minimum Gasteiger partial charge on any atom is -0.367 e. The minimum absolute atomic E-state index is 0.119. The van der Waals surface area contributed by atoms with Gasteiger partial charge in [-0.2, -0.15) is 5.10 Å². The van der Waals surface area contributed by atoms with E-state index in [9.17, 15) is 4.39 Å². The first-order valence-electron chi connectivity index (χ1n) is 12.0. The molecule has 1 saturated heterocycles. The molecular formula is C27H35FN4. The summed E-state index contributed by atoms with van der Waals surface area (Å²) in [5.41, 5.74) is 4.58. The van der Waals surface area contributed by atoms with Gasteiger partial charge in [-0.3, -0.25) is 9.58 Å². The standard InChI is InChI=1S/C27H35FN4/c1-2-3-12-24-21-25(32(29-24)22-23-10-5-4-6-11-23)13-9-16-30-17-19-31(20-18-30)27-15-8-7-14-26(27)28/h4-8,10-11,14-15,21H,2-3,9,12-13,16-20,22H2,1H3. The van der Waals surface area contributed by atoms with E-state index in [0.29, 0.717) is 0 Å². The molecule has 0 saturated carbocycles. The highest BCUT2D eigenvalue weighted by Crippen LogP contribution is 2.20. The fraction of sp³-hybridized carbons (Fsp3) is 0.444. The molecule has 0 amide bonds. The molecule has 4 rings (SSSR count). The van der Waals surface area contributed by atoms with Crippen molar-refractivity contribution in [2.45, 2.75) is 45.6 Å². The number of rotatable bonds is 10. The largest absolute Gasteiger partial charge is 0.367 e. The molecule has 32 heavy (non-hydrogen) atoms. The molecule has 1 aromatic heterocycles. The van der Waals surface area contributed by atoms with Crippen molar-refractivity contribution in [1.82, 2.24) is 14.7 Å². The van der Waals surface area contributed by atoms with Crippen molar-refractivity contribution in [2.24, 2.45) is 0 Å². The van der Waals surface area contributed by atoms with Crippen LogP contribution in [0.3, 0.4) is 0 Å². The van der Waals surface area contributed by atoms with Crippen molar-refractivity contribution >= 4 is 5.69 Å².